The summed E-state index contributed by atoms with van der Waals surface area (Å²) in [6.45, 7) is 5.21. The molecular weight excluding hydrogens is 819 g/mol. The molecule has 1 unspecified atom stereocenters. The molecule has 0 heterocycles. The van der Waals surface area contributed by atoms with E-state index in [1.54, 1.807) is 0 Å². The van der Waals surface area contributed by atoms with Crippen molar-refractivity contribution in [2.24, 2.45) is 0 Å². The molecule has 0 radical (unpaired) electrons. The summed E-state index contributed by atoms with van der Waals surface area (Å²) in [4.78, 5) is 23.2. The number of aliphatic carboxylic acids is 2. The highest BCUT2D eigenvalue weighted by atomic mass is 16.7. The summed E-state index contributed by atoms with van der Waals surface area (Å²) >= 11 is 0. The number of nitrogens with zero attached hydrogens (tertiary/aromatic N) is 1. The number of carbonyl (C=O) groups is 2. The summed E-state index contributed by atoms with van der Waals surface area (Å²) < 4.78 is 29.4. The molecule has 0 aliphatic heterocycles. The number of rotatable bonds is 44. The summed E-state index contributed by atoms with van der Waals surface area (Å²) in [5.74, 6) is -2.14. The molecule has 2 N–H and O–H groups in total. The zero-order valence-electron chi connectivity index (χ0n) is 40.2. The lowest BCUT2D eigenvalue weighted by atomic mass is 9.90. The van der Waals surface area contributed by atoms with Crippen LogP contribution in [0.15, 0.2) is 54.6 Å². The third kappa shape index (κ3) is 23.3. The van der Waals surface area contributed by atoms with E-state index in [4.69, 9.17) is 33.9 Å². The maximum Gasteiger partial charge on any atom is 0.317 e. The van der Waals surface area contributed by atoms with Crippen molar-refractivity contribution < 1.29 is 43.5 Å². The van der Waals surface area contributed by atoms with Gasteiger partial charge < -0.3 is 33.9 Å². The number of unbranched alkanes of at least 4 members (excludes halogenated alkanes) is 21. The number of carboxylic acid groups (broad SMARTS) is 2. The van der Waals surface area contributed by atoms with Crippen molar-refractivity contribution >= 4 is 44.3 Å². The number of benzene rings is 4. The molecule has 0 saturated carbocycles. The third-order valence-electron chi connectivity index (χ3n) is 12.6. The molecule has 4 rings (SSSR count). The summed E-state index contributed by atoms with van der Waals surface area (Å²) in [6.07, 6.45) is 30.6. The van der Waals surface area contributed by atoms with Gasteiger partial charge in [0.1, 0.15) is 0 Å². The molecule has 4 aromatic rings. The first kappa shape index (κ1) is 54.2. The Labute approximate surface area is 391 Å². The van der Waals surface area contributed by atoms with Crippen LogP contribution in [0.3, 0.4) is 0 Å². The van der Waals surface area contributed by atoms with Gasteiger partial charge in [-0.3, -0.25) is 14.5 Å². The van der Waals surface area contributed by atoms with Crippen molar-refractivity contribution in [1.29, 1.82) is 0 Å². The fraction of sp³-hybridized carbons (Fsp3) is 0.673. The first-order chi connectivity index (χ1) is 32.0. The van der Waals surface area contributed by atoms with Gasteiger partial charge in [0.05, 0.1) is 52.7 Å². The fourth-order valence-corrected chi connectivity index (χ4v) is 8.95. The van der Waals surface area contributed by atoms with Crippen molar-refractivity contribution in [3.63, 3.8) is 0 Å². The Kier molecular flexibility index (Phi) is 29.1. The Morgan fingerprint density at radius 1 is 0.477 bits per heavy atom. The van der Waals surface area contributed by atoms with Crippen LogP contribution in [0.2, 0.25) is 0 Å². The molecule has 364 valence electrons. The van der Waals surface area contributed by atoms with E-state index in [-0.39, 0.29) is 26.2 Å². The molecule has 0 fully saturated rings. The van der Waals surface area contributed by atoms with Crippen molar-refractivity contribution in [2.45, 2.75) is 167 Å². The van der Waals surface area contributed by atoms with E-state index in [0.717, 1.165) is 25.7 Å². The predicted octanol–water partition coefficient (Wildman–Crippen LogP) is 13.0. The molecule has 0 aromatic heterocycles. The standard InChI is InChI=1S/C55H85NO9/c1-2-3-4-5-6-7-8-9-10-11-12-13-14-17-20-23-36-64-53(45-63-42-41-62-40-39-61-38-35-56(43-51(57)58)44-52(59)60)65-37-24-21-18-15-16-19-22-26-46-29-30-49-32-31-47-27-25-28-48-33-34-50(46)55(49)54(47)48/h25,27-34,53H,2-24,26,35-45H2,1H3,(H,57,58)(H,59,60). The minimum absolute atomic E-state index is 0.216. The zero-order valence-corrected chi connectivity index (χ0v) is 40.2. The van der Waals surface area contributed by atoms with Crippen LogP contribution >= 0.6 is 0 Å². The molecule has 65 heavy (non-hydrogen) atoms. The second kappa shape index (κ2) is 34.9. The lowest BCUT2D eigenvalue weighted by molar-refractivity contribution is -0.175. The highest BCUT2D eigenvalue weighted by molar-refractivity contribution is 6.23. The number of ether oxygens (including phenoxy) is 5. The lowest BCUT2D eigenvalue weighted by Gasteiger charge is -2.19. The van der Waals surface area contributed by atoms with E-state index in [1.807, 2.05) is 0 Å². The molecule has 0 bridgehead atoms. The monoisotopic (exact) mass is 904 g/mol. The number of hydrogen-bond donors (Lipinski definition) is 2. The Balaban J connectivity index is 1.03. The Morgan fingerprint density at radius 3 is 1.43 bits per heavy atom. The van der Waals surface area contributed by atoms with Gasteiger partial charge in [-0.1, -0.05) is 190 Å². The summed E-state index contributed by atoms with van der Waals surface area (Å²) in [7, 11) is 0. The molecule has 0 aliphatic carbocycles. The van der Waals surface area contributed by atoms with E-state index in [1.165, 1.54) is 171 Å². The molecule has 1 atom stereocenters. The van der Waals surface area contributed by atoms with Gasteiger partial charge in [0.2, 0.25) is 0 Å². The van der Waals surface area contributed by atoms with E-state index >= 15 is 0 Å². The van der Waals surface area contributed by atoms with Gasteiger partial charge in [-0.15, -0.1) is 0 Å². The van der Waals surface area contributed by atoms with Crippen molar-refractivity contribution in [2.75, 3.05) is 72.5 Å². The van der Waals surface area contributed by atoms with E-state index in [2.05, 4.69) is 61.5 Å². The molecule has 0 saturated heterocycles. The normalized spacial score (nSPS) is 12.4. The van der Waals surface area contributed by atoms with Crippen LogP contribution in [0.5, 0.6) is 0 Å². The summed E-state index contributed by atoms with van der Waals surface area (Å²) in [5, 5.41) is 26.2. The Morgan fingerprint density at radius 2 is 0.908 bits per heavy atom. The third-order valence-corrected chi connectivity index (χ3v) is 12.6. The zero-order chi connectivity index (χ0) is 46.0. The number of carboxylic acids is 2. The van der Waals surface area contributed by atoms with Crippen LogP contribution in [-0.2, 0) is 39.7 Å². The highest BCUT2D eigenvalue weighted by Crippen LogP contribution is 2.36. The Hall–Kier alpha value is -3.38. The van der Waals surface area contributed by atoms with Crippen LogP contribution in [0.1, 0.15) is 160 Å². The van der Waals surface area contributed by atoms with Gasteiger partial charge in [0.25, 0.3) is 0 Å². The summed E-state index contributed by atoms with van der Waals surface area (Å²) in [6, 6.07) is 20.4. The van der Waals surface area contributed by atoms with Gasteiger partial charge in [-0.05, 0) is 63.6 Å². The Bertz CT molecular complexity index is 1780. The van der Waals surface area contributed by atoms with Gasteiger partial charge in [0, 0.05) is 19.8 Å². The van der Waals surface area contributed by atoms with Crippen LogP contribution in [-0.4, -0.2) is 106 Å². The lowest BCUT2D eigenvalue weighted by Crippen LogP contribution is -2.37. The molecule has 0 aliphatic rings. The topological polar surface area (TPSA) is 124 Å². The molecular formula is C55H85NO9. The minimum Gasteiger partial charge on any atom is -0.480 e. The van der Waals surface area contributed by atoms with Crippen molar-refractivity contribution in [3.8, 4) is 0 Å². The van der Waals surface area contributed by atoms with E-state index < -0.39 is 18.2 Å². The van der Waals surface area contributed by atoms with Crippen molar-refractivity contribution in [3.05, 3.63) is 60.2 Å². The maximum absolute atomic E-state index is 11.0. The number of hydrogen-bond acceptors (Lipinski definition) is 8. The molecule has 0 spiro atoms. The van der Waals surface area contributed by atoms with Gasteiger partial charge in [0.15, 0.2) is 6.29 Å². The second-order valence-electron chi connectivity index (χ2n) is 18.1. The largest absolute Gasteiger partial charge is 0.480 e. The first-order valence-corrected chi connectivity index (χ1v) is 25.7. The fourth-order valence-electron chi connectivity index (χ4n) is 8.95. The molecule has 10 heteroatoms. The maximum atomic E-state index is 11.0. The SMILES string of the molecule is CCCCCCCCCCCCCCCCCCOC(COCCOCCOCCN(CC(=O)O)CC(=O)O)OCCCCCCCCCc1ccc2ccc3cccc4ccc1c2c34. The van der Waals surface area contributed by atoms with Crippen LogP contribution in [0.25, 0.3) is 32.3 Å². The quantitative estimate of drug-likeness (QED) is 0.0252. The van der Waals surface area contributed by atoms with Crippen molar-refractivity contribution in [1.82, 2.24) is 4.90 Å². The number of aryl methyl sites for hydroxylation is 1. The van der Waals surface area contributed by atoms with E-state index in [0.29, 0.717) is 46.2 Å². The van der Waals surface area contributed by atoms with Gasteiger partial charge in [-0.25, -0.2) is 0 Å². The average molecular weight is 904 g/mol. The molecule has 4 aromatic carbocycles. The first-order valence-electron chi connectivity index (χ1n) is 25.7. The average Bonchev–Trinajstić information content (AvgIpc) is 3.29. The smallest absolute Gasteiger partial charge is 0.317 e. The van der Waals surface area contributed by atoms with Crippen LogP contribution in [0.4, 0.5) is 0 Å². The molecule has 10 nitrogen and oxygen atoms in total. The molecule has 0 amide bonds. The predicted molar refractivity (Wildman–Crippen MR) is 266 cm³/mol. The van der Waals surface area contributed by atoms with Gasteiger partial charge >= 0.3 is 11.9 Å². The second-order valence-corrected chi connectivity index (χ2v) is 18.1. The highest BCUT2D eigenvalue weighted by Gasteiger charge is 2.14. The minimum atomic E-state index is -1.07. The van der Waals surface area contributed by atoms with Gasteiger partial charge in [-0.2, -0.15) is 0 Å². The summed E-state index contributed by atoms with van der Waals surface area (Å²) in [5.41, 5.74) is 1.47. The van der Waals surface area contributed by atoms with Crippen LogP contribution in [0, 0.1) is 0 Å². The van der Waals surface area contributed by atoms with E-state index in [9.17, 15) is 9.59 Å². The van der Waals surface area contributed by atoms with Crippen LogP contribution < -0.4 is 0 Å².